The maximum Gasteiger partial charge on any atom is 0.390 e. The van der Waals surface area contributed by atoms with Gasteiger partial charge in [-0.25, -0.2) is 0 Å². The molecule has 130 valence electrons. The molecule has 4 nitrogen and oxygen atoms in total. The summed E-state index contributed by atoms with van der Waals surface area (Å²) in [6.45, 7) is 1.26. The van der Waals surface area contributed by atoms with Crippen molar-refractivity contribution >= 4 is 10.8 Å². The molecule has 1 fully saturated rings. The average molecular weight is 340 g/mol. The van der Waals surface area contributed by atoms with Crippen LogP contribution in [0.5, 0.6) is 5.75 Å². The summed E-state index contributed by atoms with van der Waals surface area (Å²) in [5.41, 5.74) is -0.142. The Balaban J connectivity index is 1.55. The SMILES string of the molecule is O=c1[nH]ccc2cc(OC3CCN(CCC(F)(F)F)CC3)ccc12. The highest BCUT2D eigenvalue weighted by Gasteiger charge is 2.29. The fourth-order valence-corrected chi connectivity index (χ4v) is 2.97. The molecule has 3 rings (SSSR count). The van der Waals surface area contributed by atoms with E-state index in [0.29, 0.717) is 37.1 Å². The molecule has 1 aliphatic heterocycles. The largest absolute Gasteiger partial charge is 0.490 e. The number of H-pyrrole nitrogens is 1. The Kier molecular flexibility index (Phi) is 4.80. The average Bonchev–Trinajstić information content (AvgIpc) is 2.54. The number of aromatic amines is 1. The van der Waals surface area contributed by atoms with Gasteiger partial charge >= 0.3 is 6.18 Å². The van der Waals surface area contributed by atoms with E-state index in [-0.39, 0.29) is 18.2 Å². The second-order valence-electron chi connectivity index (χ2n) is 6.08. The van der Waals surface area contributed by atoms with Gasteiger partial charge in [-0.3, -0.25) is 4.79 Å². The second kappa shape index (κ2) is 6.84. The van der Waals surface area contributed by atoms with E-state index in [1.807, 2.05) is 17.0 Å². The lowest BCUT2D eigenvalue weighted by molar-refractivity contribution is -0.138. The Morgan fingerprint density at radius 1 is 1.21 bits per heavy atom. The number of rotatable bonds is 4. The predicted molar refractivity (Wildman–Crippen MR) is 85.3 cm³/mol. The molecule has 1 saturated heterocycles. The third kappa shape index (κ3) is 4.29. The van der Waals surface area contributed by atoms with E-state index in [9.17, 15) is 18.0 Å². The Labute approximate surface area is 137 Å². The number of halogens is 3. The number of aromatic nitrogens is 1. The summed E-state index contributed by atoms with van der Waals surface area (Å²) in [5, 5.41) is 1.41. The summed E-state index contributed by atoms with van der Waals surface area (Å²) >= 11 is 0. The van der Waals surface area contributed by atoms with Crippen LogP contribution in [0.1, 0.15) is 19.3 Å². The minimum absolute atomic E-state index is 0.00779. The number of hydrogen-bond acceptors (Lipinski definition) is 3. The van der Waals surface area contributed by atoms with Crippen LogP contribution < -0.4 is 10.3 Å². The zero-order valence-electron chi connectivity index (χ0n) is 13.1. The van der Waals surface area contributed by atoms with E-state index >= 15 is 0 Å². The van der Waals surface area contributed by atoms with E-state index in [0.717, 1.165) is 5.39 Å². The predicted octanol–water partition coefficient (Wildman–Crippen LogP) is 3.32. The number of likely N-dealkylation sites (tertiary alicyclic amines) is 1. The van der Waals surface area contributed by atoms with Crippen molar-refractivity contribution in [3.8, 4) is 5.75 Å². The molecular weight excluding hydrogens is 321 g/mol. The molecule has 24 heavy (non-hydrogen) atoms. The number of pyridine rings is 1. The van der Waals surface area contributed by atoms with E-state index in [1.165, 1.54) is 0 Å². The summed E-state index contributed by atoms with van der Waals surface area (Å²) in [4.78, 5) is 16.1. The van der Waals surface area contributed by atoms with Crippen molar-refractivity contribution in [3.05, 3.63) is 40.8 Å². The highest BCUT2D eigenvalue weighted by molar-refractivity contribution is 5.82. The van der Waals surface area contributed by atoms with Crippen LogP contribution in [0.15, 0.2) is 35.3 Å². The minimum Gasteiger partial charge on any atom is -0.490 e. The summed E-state index contributed by atoms with van der Waals surface area (Å²) in [6.07, 6.45) is -1.88. The molecule has 0 saturated carbocycles. The monoisotopic (exact) mass is 340 g/mol. The van der Waals surface area contributed by atoms with Gasteiger partial charge in [0.05, 0.1) is 6.42 Å². The number of fused-ring (bicyclic) bond motifs is 1. The van der Waals surface area contributed by atoms with E-state index in [2.05, 4.69) is 4.98 Å². The number of alkyl halides is 3. The molecule has 7 heteroatoms. The van der Waals surface area contributed by atoms with Crippen molar-refractivity contribution in [1.82, 2.24) is 9.88 Å². The van der Waals surface area contributed by atoms with Crippen LogP contribution in [0.3, 0.4) is 0 Å². The fourth-order valence-electron chi connectivity index (χ4n) is 2.97. The lowest BCUT2D eigenvalue weighted by atomic mass is 10.1. The molecule has 2 aromatic rings. The molecule has 0 spiro atoms. The molecule has 0 radical (unpaired) electrons. The van der Waals surface area contributed by atoms with Gasteiger partial charge in [0.1, 0.15) is 11.9 Å². The first-order valence-corrected chi connectivity index (χ1v) is 7.98. The van der Waals surface area contributed by atoms with Crippen molar-refractivity contribution in [2.45, 2.75) is 31.5 Å². The van der Waals surface area contributed by atoms with Gasteiger partial charge in [0, 0.05) is 31.2 Å². The molecule has 0 atom stereocenters. The van der Waals surface area contributed by atoms with Crippen molar-refractivity contribution in [2.75, 3.05) is 19.6 Å². The van der Waals surface area contributed by atoms with Gasteiger partial charge in [-0.2, -0.15) is 13.2 Å². The smallest absolute Gasteiger partial charge is 0.390 e. The standard InChI is InChI=1S/C17H19F3N2O2/c18-17(19,20)6-10-22-8-4-13(5-9-22)24-14-1-2-15-12(11-14)3-7-21-16(15)23/h1-3,7,11,13H,4-6,8-10H2,(H,21,23). The summed E-state index contributed by atoms with van der Waals surface area (Å²) in [5.74, 6) is 0.682. The lowest BCUT2D eigenvalue weighted by Crippen LogP contribution is -2.39. The van der Waals surface area contributed by atoms with Crippen LogP contribution in [0.4, 0.5) is 13.2 Å². The van der Waals surface area contributed by atoms with Crippen molar-refractivity contribution in [2.24, 2.45) is 0 Å². The molecule has 0 unspecified atom stereocenters. The van der Waals surface area contributed by atoms with Gasteiger partial charge < -0.3 is 14.6 Å². The molecule has 0 aliphatic carbocycles. The van der Waals surface area contributed by atoms with E-state index < -0.39 is 12.6 Å². The first-order valence-electron chi connectivity index (χ1n) is 7.98. The zero-order valence-corrected chi connectivity index (χ0v) is 13.1. The fraction of sp³-hybridized carbons (Fsp3) is 0.471. The second-order valence-corrected chi connectivity index (χ2v) is 6.08. The molecule has 1 N–H and O–H groups in total. The first-order chi connectivity index (χ1) is 11.4. The molecule has 1 aromatic heterocycles. The quantitative estimate of drug-likeness (QED) is 0.929. The topological polar surface area (TPSA) is 45.3 Å². The highest BCUT2D eigenvalue weighted by atomic mass is 19.4. The molecule has 1 aliphatic rings. The maximum atomic E-state index is 12.3. The van der Waals surface area contributed by atoms with Crippen molar-refractivity contribution < 1.29 is 17.9 Å². The van der Waals surface area contributed by atoms with Gasteiger partial charge in [-0.05, 0) is 42.5 Å². The van der Waals surface area contributed by atoms with E-state index in [1.54, 1.807) is 18.3 Å². The Bertz CT molecular complexity index is 749. The number of hydrogen-bond donors (Lipinski definition) is 1. The van der Waals surface area contributed by atoms with Gasteiger partial charge in [-0.15, -0.1) is 0 Å². The number of benzene rings is 1. The van der Waals surface area contributed by atoms with Crippen LogP contribution in [-0.4, -0.2) is 41.8 Å². The number of nitrogens with one attached hydrogen (secondary N) is 1. The van der Waals surface area contributed by atoms with Crippen molar-refractivity contribution in [1.29, 1.82) is 0 Å². The van der Waals surface area contributed by atoms with Crippen LogP contribution in [0.25, 0.3) is 10.8 Å². The third-order valence-corrected chi connectivity index (χ3v) is 4.29. The summed E-state index contributed by atoms with van der Waals surface area (Å²) in [6, 6.07) is 7.11. The van der Waals surface area contributed by atoms with Crippen LogP contribution in [-0.2, 0) is 0 Å². The Morgan fingerprint density at radius 2 is 1.96 bits per heavy atom. The van der Waals surface area contributed by atoms with Gasteiger partial charge in [0.25, 0.3) is 5.56 Å². The Morgan fingerprint density at radius 3 is 2.67 bits per heavy atom. The number of ether oxygens (including phenoxy) is 1. The van der Waals surface area contributed by atoms with Crippen LogP contribution in [0, 0.1) is 0 Å². The number of piperidine rings is 1. The van der Waals surface area contributed by atoms with Crippen LogP contribution >= 0.6 is 0 Å². The van der Waals surface area contributed by atoms with Gasteiger partial charge in [0.15, 0.2) is 0 Å². The Hall–Kier alpha value is -2.02. The third-order valence-electron chi connectivity index (χ3n) is 4.29. The number of nitrogens with zero attached hydrogens (tertiary/aromatic N) is 1. The summed E-state index contributed by atoms with van der Waals surface area (Å²) < 4.78 is 42.7. The molecule has 0 amide bonds. The summed E-state index contributed by atoms with van der Waals surface area (Å²) in [7, 11) is 0. The van der Waals surface area contributed by atoms with Gasteiger partial charge in [-0.1, -0.05) is 0 Å². The molecular formula is C17H19F3N2O2. The molecule has 0 bridgehead atoms. The van der Waals surface area contributed by atoms with Gasteiger partial charge in [0.2, 0.25) is 0 Å². The van der Waals surface area contributed by atoms with Crippen LogP contribution in [0.2, 0.25) is 0 Å². The minimum atomic E-state index is -4.10. The normalized spacial score (nSPS) is 17.3. The molecule has 2 heterocycles. The van der Waals surface area contributed by atoms with E-state index in [4.69, 9.17) is 4.74 Å². The molecule has 1 aromatic carbocycles. The first kappa shape index (κ1) is 16.8. The maximum absolute atomic E-state index is 12.3. The van der Waals surface area contributed by atoms with Crippen molar-refractivity contribution in [3.63, 3.8) is 0 Å². The lowest BCUT2D eigenvalue weighted by Gasteiger charge is -2.32. The zero-order chi connectivity index (χ0) is 17.2. The highest BCUT2D eigenvalue weighted by Crippen LogP contribution is 2.24.